The standard InChI is InChI=1S/C16H20N4O2.CH2O2/c1-2-5-14-13(4-1)20-15(17-18-16(20)12-22-14)6-3-7-19-8-10-21-11-9-19;2-1-3/h1-2,4-5H,3,6-12H2;1H,(H,2,3). The molecule has 0 atom stereocenters. The number of aromatic nitrogens is 3. The van der Waals surface area contributed by atoms with Gasteiger partial charge in [-0.25, -0.2) is 0 Å². The minimum atomic E-state index is -0.250. The first-order valence-corrected chi connectivity index (χ1v) is 8.37. The molecule has 3 heterocycles. The molecule has 0 spiro atoms. The Balaban J connectivity index is 0.000000569. The molecule has 2 aliphatic rings. The second kappa shape index (κ2) is 8.59. The fraction of sp³-hybridized carbons (Fsp3) is 0.471. The molecule has 0 unspecified atom stereocenters. The van der Waals surface area contributed by atoms with Crippen LogP contribution in [0.4, 0.5) is 0 Å². The fourth-order valence-electron chi connectivity index (χ4n) is 3.08. The fourth-order valence-corrected chi connectivity index (χ4v) is 3.08. The lowest BCUT2D eigenvalue weighted by molar-refractivity contribution is -0.122. The quantitative estimate of drug-likeness (QED) is 0.830. The smallest absolute Gasteiger partial charge is 0.290 e. The van der Waals surface area contributed by atoms with Crippen molar-refractivity contribution in [2.45, 2.75) is 19.4 Å². The first-order valence-electron chi connectivity index (χ1n) is 8.37. The van der Waals surface area contributed by atoms with Gasteiger partial charge in [0.15, 0.2) is 5.82 Å². The number of rotatable bonds is 4. The van der Waals surface area contributed by atoms with Gasteiger partial charge in [0.05, 0.1) is 18.9 Å². The Morgan fingerprint density at radius 2 is 1.96 bits per heavy atom. The first-order chi connectivity index (χ1) is 12.3. The minimum absolute atomic E-state index is 0.250. The zero-order chi connectivity index (χ0) is 17.5. The molecule has 1 fully saturated rings. The highest BCUT2D eigenvalue weighted by atomic mass is 16.5. The van der Waals surface area contributed by atoms with E-state index in [0.29, 0.717) is 6.61 Å². The number of ether oxygens (including phenoxy) is 2. The Bertz CT molecular complexity index is 698. The second-order valence-corrected chi connectivity index (χ2v) is 5.79. The molecule has 0 saturated carbocycles. The summed E-state index contributed by atoms with van der Waals surface area (Å²) in [7, 11) is 0. The zero-order valence-electron chi connectivity index (χ0n) is 14.0. The lowest BCUT2D eigenvalue weighted by Gasteiger charge is -2.26. The van der Waals surface area contributed by atoms with Gasteiger partial charge in [-0.3, -0.25) is 14.3 Å². The number of hydrogen-bond donors (Lipinski definition) is 1. The van der Waals surface area contributed by atoms with Crippen LogP contribution in [0.2, 0.25) is 0 Å². The van der Waals surface area contributed by atoms with Crippen molar-refractivity contribution in [2.75, 3.05) is 32.8 Å². The molecule has 0 radical (unpaired) electrons. The largest absolute Gasteiger partial charge is 0.483 e. The summed E-state index contributed by atoms with van der Waals surface area (Å²) in [5.74, 6) is 2.82. The lowest BCUT2D eigenvalue weighted by Crippen LogP contribution is -2.37. The van der Waals surface area contributed by atoms with E-state index in [9.17, 15) is 0 Å². The average Bonchev–Trinajstić information content (AvgIpc) is 3.07. The van der Waals surface area contributed by atoms with Crippen molar-refractivity contribution < 1.29 is 19.4 Å². The summed E-state index contributed by atoms with van der Waals surface area (Å²) in [4.78, 5) is 10.8. The van der Waals surface area contributed by atoms with E-state index in [2.05, 4.69) is 25.7 Å². The molecule has 2 aromatic rings. The number of para-hydroxylation sites is 2. The number of carbonyl (C=O) groups is 1. The van der Waals surface area contributed by atoms with Crippen molar-refractivity contribution in [2.24, 2.45) is 0 Å². The summed E-state index contributed by atoms with van der Waals surface area (Å²) in [5.41, 5.74) is 1.05. The molecule has 8 heteroatoms. The zero-order valence-corrected chi connectivity index (χ0v) is 14.0. The third-order valence-corrected chi connectivity index (χ3v) is 4.24. The Labute approximate surface area is 146 Å². The van der Waals surface area contributed by atoms with Gasteiger partial charge in [0, 0.05) is 19.5 Å². The lowest BCUT2D eigenvalue weighted by atomic mass is 10.2. The van der Waals surface area contributed by atoms with Crippen LogP contribution in [0.5, 0.6) is 5.75 Å². The van der Waals surface area contributed by atoms with Crippen molar-refractivity contribution in [1.82, 2.24) is 19.7 Å². The molecule has 0 amide bonds. The second-order valence-electron chi connectivity index (χ2n) is 5.79. The van der Waals surface area contributed by atoms with Crippen LogP contribution in [0.15, 0.2) is 24.3 Å². The van der Waals surface area contributed by atoms with E-state index < -0.39 is 0 Å². The van der Waals surface area contributed by atoms with E-state index in [0.717, 1.165) is 68.8 Å². The molecule has 134 valence electrons. The van der Waals surface area contributed by atoms with E-state index >= 15 is 0 Å². The summed E-state index contributed by atoms with van der Waals surface area (Å²) in [6.07, 6.45) is 2.01. The van der Waals surface area contributed by atoms with Gasteiger partial charge in [-0.05, 0) is 25.1 Å². The summed E-state index contributed by atoms with van der Waals surface area (Å²) < 4.78 is 13.3. The molecule has 1 saturated heterocycles. The van der Waals surface area contributed by atoms with Gasteiger partial charge in [-0.2, -0.15) is 0 Å². The molecule has 0 aliphatic carbocycles. The van der Waals surface area contributed by atoms with E-state index in [1.54, 1.807) is 0 Å². The van der Waals surface area contributed by atoms with Crippen LogP contribution in [0.3, 0.4) is 0 Å². The maximum atomic E-state index is 8.36. The normalized spacial score (nSPS) is 16.0. The Kier molecular flexibility index (Phi) is 5.97. The molecule has 25 heavy (non-hydrogen) atoms. The molecular formula is C17H22N4O4. The average molecular weight is 346 g/mol. The van der Waals surface area contributed by atoms with Gasteiger partial charge in [-0.15, -0.1) is 10.2 Å². The van der Waals surface area contributed by atoms with Crippen LogP contribution in [-0.4, -0.2) is 64.1 Å². The molecule has 1 N–H and O–H groups in total. The van der Waals surface area contributed by atoms with Crippen molar-refractivity contribution in [3.05, 3.63) is 35.9 Å². The van der Waals surface area contributed by atoms with Crippen LogP contribution < -0.4 is 4.74 Å². The predicted molar refractivity (Wildman–Crippen MR) is 90.0 cm³/mol. The number of morpholine rings is 1. The van der Waals surface area contributed by atoms with Gasteiger partial charge >= 0.3 is 0 Å². The number of fused-ring (bicyclic) bond motifs is 3. The number of benzene rings is 1. The maximum absolute atomic E-state index is 8.36. The molecule has 1 aromatic carbocycles. The van der Waals surface area contributed by atoms with Crippen molar-refractivity contribution >= 4 is 6.47 Å². The van der Waals surface area contributed by atoms with Crippen LogP contribution >= 0.6 is 0 Å². The number of hydrogen-bond acceptors (Lipinski definition) is 6. The van der Waals surface area contributed by atoms with Gasteiger partial charge in [-0.1, -0.05) is 12.1 Å². The SMILES string of the molecule is O=CO.c1ccc2c(c1)OCc1nnc(CCCN3CCOCC3)n1-2. The number of nitrogens with zero attached hydrogens (tertiary/aromatic N) is 4. The van der Waals surface area contributed by atoms with Crippen LogP contribution in [0.25, 0.3) is 5.69 Å². The van der Waals surface area contributed by atoms with Gasteiger partial charge in [0.1, 0.15) is 18.2 Å². The Morgan fingerprint density at radius 1 is 1.20 bits per heavy atom. The third kappa shape index (κ3) is 4.15. The van der Waals surface area contributed by atoms with Gasteiger partial charge in [0.2, 0.25) is 0 Å². The van der Waals surface area contributed by atoms with E-state index in [-0.39, 0.29) is 6.47 Å². The van der Waals surface area contributed by atoms with E-state index in [1.165, 1.54) is 0 Å². The Morgan fingerprint density at radius 3 is 2.76 bits per heavy atom. The molecule has 2 aliphatic heterocycles. The maximum Gasteiger partial charge on any atom is 0.290 e. The number of carboxylic acid groups (broad SMARTS) is 1. The summed E-state index contributed by atoms with van der Waals surface area (Å²) in [6.45, 7) is 5.11. The van der Waals surface area contributed by atoms with Crippen molar-refractivity contribution in [3.8, 4) is 11.4 Å². The summed E-state index contributed by atoms with van der Waals surface area (Å²) in [5, 5.41) is 15.5. The first kappa shape index (κ1) is 17.4. The van der Waals surface area contributed by atoms with Gasteiger partial charge in [0.25, 0.3) is 6.47 Å². The molecular weight excluding hydrogens is 324 g/mol. The predicted octanol–water partition coefficient (Wildman–Crippen LogP) is 1.13. The molecule has 4 rings (SSSR count). The van der Waals surface area contributed by atoms with Crippen LogP contribution in [0.1, 0.15) is 18.1 Å². The Hall–Kier alpha value is -2.45. The molecule has 8 nitrogen and oxygen atoms in total. The minimum Gasteiger partial charge on any atom is -0.483 e. The summed E-state index contributed by atoms with van der Waals surface area (Å²) in [6, 6.07) is 8.07. The molecule has 1 aromatic heterocycles. The topological polar surface area (TPSA) is 89.7 Å². The van der Waals surface area contributed by atoms with Crippen molar-refractivity contribution in [1.29, 1.82) is 0 Å². The number of aryl methyl sites for hydroxylation is 1. The van der Waals surface area contributed by atoms with Crippen LogP contribution in [-0.2, 0) is 22.6 Å². The molecule has 0 bridgehead atoms. The van der Waals surface area contributed by atoms with E-state index in [1.807, 2.05) is 18.2 Å². The van der Waals surface area contributed by atoms with Crippen molar-refractivity contribution in [3.63, 3.8) is 0 Å². The third-order valence-electron chi connectivity index (χ3n) is 4.24. The highest BCUT2D eigenvalue weighted by Crippen LogP contribution is 2.29. The highest BCUT2D eigenvalue weighted by Gasteiger charge is 2.21. The monoisotopic (exact) mass is 346 g/mol. The highest BCUT2D eigenvalue weighted by molar-refractivity contribution is 5.49. The van der Waals surface area contributed by atoms with Crippen LogP contribution in [0, 0.1) is 0 Å². The van der Waals surface area contributed by atoms with Gasteiger partial charge < -0.3 is 14.6 Å². The summed E-state index contributed by atoms with van der Waals surface area (Å²) >= 11 is 0. The van der Waals surface area contributed by atoms with E-state index in [4.69, 9.17) is 19.4 Å².